The van der Waals surface area contributed by atoms with Crippen molar-refractivity contribution in [1.82, 2.24) is 15.1 Å². The van der Waals surface area contributed by atoms with Crippen molar-refractivity contribution in [2.45, 2.75) is 18.5 Å². The van der Waals surface area contributed by atoms with Crippen LogP contribution in [0.25, 0.3) is 0 Å². The van der Waals surface area contributed by atoms with Crippen LogP contribution in [0.5, 0.6) is 0 Å². The van der Waals surface area contributed by atoms with Gasteiger partial charge in [-0.25, -0.2) is 8.78 Å². The molecule has 1 fully saturated rings. The smallest absolute Gasteiger partial charge is 0.294 e. The molecule has 22 heavy (non-hydrogen) atoms. The number of carbonyl (C=O) groups excluding carboxylic acids is 2. The van der Waals surface area contributed by atoms with Crippen LogP contribution < -0.4 is 5.32 Å². The van der Waals surface area contributed by atoms with Crippen LogP contribution >= 0.6 is 27.5 Å². The van der Waals surface area contributed by atoms with Gasteiger partial charge in [0.05, 0.1) is 17.3 Å². The second-order valence-electron chi connectivity index (χ2n) is 5.13. The minimum atomic E-state index is -2.67. The van der Waals surface area contributed by atoms with Crippen molar-refractivity contribution >= 4 is 39.2 Å². The quantitative estimate of drug-likeness (QED) is 0.727. The summed E-state index contributed by atoms with van der Waals surface area (Å²) in [4.78, 5) is 27.1. The molecule has 118 valence electrons. The summed E-state index contributed by atoms with van der Waals surface area (Å²) >= 11 is 9.42. The van der Waals surface area contributed by atoms with E-state index in [1.54, 1.807) is 23.4 Å². The van der Waals surface area contributed by atoms with E-state index in [0.717, 1.165) is 4.90 Å². The molecule has 9 heteroatoms. The number of rotatable bonds is 2. The van der Waals surface area contributed by atoms with Gasteiger partial charge in [-0.05, 0) is 22.0 Å². The predicted octanol–water partition coefficient (Wildman–Crippen LogP) is 1.87. The van der Waals surface area contributed by atoms with Crippen molar-refractivity contribution in [1.29, 1.82) is 0 Å². The molecule has 0 saturated carbocycles. The SMILES string of the molecule is O=C1C(=O)C2(CCN1CC(F)F)NC=C1C(Cl)=CC(Br)=CN12. The topological polar surface area (TPSA) is 52.7 Å². The summed E-state index contributed by atoms with van der Waals surface area (Å²) < 4.78 is 25.6. The van der Waals surface area contributed by atoms with Crippen molar-refractivity contribution in [3.8, 4) is 0 Å². The van der Waals surface area contributed by atoms with Crippen LogP contribution in [0.4, 0.5) is 8.78 Å². The average molecular weight is 395 g/mol. The number of halogens is 4. The van der Waals surface area contributed by atoms with Gasteiger partial charge in [-0.3, -0.25) is 9.59 Å². The summed E-state index contributed by atoms with van der Waals surface area (Å²) in [5, 5.41) is 3.32. The Kier molecular flexibility index (Phi) is 3.76. The van der Waals surface area contributed by atoms with Gasteiger partial charge in [-0.15, -0.1) is 0 Å². The maximum atomic E-state index is 12.5. The van der Waals surface area contributed by atoms with E-state index < -0.39 is 30.3 Å². The van der Waals surface area contributed by atoms with Crippen LogP contribution in [0.2, 0.25) is 0 Å². The van der Waals surface area contributed by atoms with Crippen molar-refractivity contribution in [2.75, 3.05) is 13.1 Å². The summed E-state index contributed by atoms with van der Waals surface area (Å²) in [6.07, 6.45) is 2.39. The van der Waals surface area contributed by atoms with Crippen LogP contribution in [0.15, 0.2) is 33.7 Å². The molecule has 1 amide bonds. The number of piperidine rings is 1. The molecule has 1 atom stereocenters. The normalized spacial score (nSPS) is 27.8. The van der Waals surface area contributed by atoms with Gasteiger partial charge in [0, 0.05) is 29.8 Å². The van der Waals surface area contributed by atoms with Gasteiger partial charge >= 0.3 is 0 Å². The second kappa shape index (κ2) is 5.34. The number of likely N-dealkylation sites (tertiary alicyclic amines) is 1. The van der Waals surface area contributed by atoms with Gasteiger partial charge < -0.3 is 15.1 Å². The minimum absolute atomic E-state index is 0.0618. The van der Waals surface area contributed by atoms with Gasteiger partial charge in [0.15, 0.2) is 5.66 Å². The molecule has 0 aromatic heterocycles. The maximum Gasteiger partial charge on any atom is 0.294 e. The van der Waals surface area contributed by atoms with E-state index in [9.17, 15) is 18.4 Å². The molecule has 1 N–H and O–H groups in total. The third kappa shape index (κ3) is 2.25. The molecule has 1 unspecified atom stereocenters. The first-order valence-corrected chi connectivity index (χ1v) is 7.66. The Labute approximate surface area is 138 Å². The molecule has 1 saturated heterocycles. The molecule has 3 aliphatic heterocycles. The fourth-order valence-electron chi connectivity index (χ4n) is 2.79. The van der Waals surface area contributed by atoms with Crippen molar-refractivity contribution in [3.05, 3.63) is 33.7 Å². The van der Waals surface area contributed by atoms with Gasteiger partial charge in [-0.1, -0.05) is 11.6 Å². The number of Topliss-reactive ketones (excluding diaryl/α,β-unsaturated/α-hetero) is 1. The van der Waals surface area contributed by atoms with Crippen LogP contribution in [-0.2, 0) is 9.59 Å². The lowest BCUT2D eigenvalue weighted by atomic mass is 9.93. The fourth-order valence-corrected chi connectivity index (χ4v) is 3.62. The number of fused-ring (bicyclic) bond motifs is 2. The van der Waals surface area contributed by atoms with E-state index in [-0.39, 0.29) is 13.0 Å². The summed E-state index contributed by atoms with van der Waals surface area (Å²) in [5.41, 5.74) is -0.730. The van der Waals surface area contributed by atoms with E-state index in [1.807, 2.05) is 0 Å². The first kappa shape index (κ1) is 15.5. The summed E-state index contributed by atoms with van der Waals surface area (Å²) in [7, 11) is 0. The number of alkyl halides is 2. The molecular weight excluding hydrogens is 384 g/mol. The largest absolute Gasteiger partial charge is 0.360 e. The summed E-state index contributed by atoms with van der Waals surface area (Å²) in [5.74, 6) is -1.68. The first-order valence-electron chi connectivity index (χ1n) is 6.49. The van der Waals surface area contributed by atoms with Crippen molar-refractivity contribution in [3.63, 3.8) is 0 Å². The zero-order valence-corrected chi connectivity index (χ0v) is 13.5. The molecule has 3 aliphatic rings. The molecule has 3 heterocycles. The zero-order chi connectivity index (χ0) is 16.1. The highest BCUT2D eigenvalue weighted by Crippen LogP contribution is 2.40. The van der Waals surface area contributed by atoms with Gasteiger partial charge in [0.25, 0.3) is 18.1 Å². The van der Waals surface area contributed by atoms with E-state index in [4.69, 9.17) is 11.6 Å². The number of nitrogens with zero attached hydrogens (tertiary/aromatic N) is 2. The highest BCUT2D eigenvalue weighted by atomic mass is 79.9. The Morgan fingerprint density at radius 2 is 2.18 bits per heavy atom. The lowest BCUT2D eigenvalue weighted by Gasteiger charge is -2.43. The van der Waals surface area contributed by atoms with Crippen LogP contribution in [0.3, 0.4) is 0 Å². The zero-order valence-electron chi connectivity index (χ0n) is 11.2. The molecule has 3 rings (SSSR count). The number of amides is 1. The second-order valence-corrected chi connectivity index (χ2v) is 6.45. The maximum absolute atomic E-state index is 12.5. The molecule has 0 bridgehead atoms. The minimum Gasteiger partial charge on any atom is -0.360 e. The third-order valence-electron chi connectivity index (χ3n) is 3.84. The number of carbonyl (C=O) groups is 2. The molecular formula is C13H11BrClF2N3O2. The fraction of sp³-hybridized carbons (Fsp3) is 0.385. The van der Waals surface area contributed by atoms with Gasteiger partial charge in [0.2, 0.25) is 0 Å². The summed E-state index contributed by atoms with van der Waals surface area (Å²) in [6, 6.07) is 0. The van der Waals surface area contributed by atoms with E-state index in [2.05, 4.69) is 21.2 Å². The Morgan fingerprint density at radius 3 is 2.86 bits per heavy atom. The highest BCUT2D eigenvalue weighted by molar-refractivity contribution is 9.11. The van der Waals surface area contributed by atoms with Crippen LogP contribution in [0, 0.1) is 0 Å². The highest BCUT2D eigenvalue weighted by Gasteiger charge is 2.54. The Balaban J connectivity index is 1.90. The lowest BCUT2D eigenvalue weighted by Crippen LogP contribution is -2.66. The molecule has 0 aromatic rings. The average Bonchev–Trinajstić information content (AvgIpc) is 2.80. The molecule has 0 radical (unpaired) electrons. The first-order chi connectivity index (χ1) is 10.3. The van der Waals surface area contributed by atoms with Gasteiger partial charge in [0.1, 0.15) is 0 Å². The Hall–Kier alpha value is -1.41. The predicted molar refractivity (Wildman–Crippen MR) is 78.9 cm³/mol. The van der Waals surface area contributed by atoms with Crippen molar-refractivity contribution in [2.24, 2.45) is 0 Å². The number of ketones is 1. The number of nitrogens with one attached hydrogen (secondary N) is 1. The molecule has 0 aromatic carbocycles. The number of allylic oxidation sites excluding steroid dienone is 3. The van der Waals surface area contributed by atoms with Gasteiger partial charge in [-0.2, -0.15) is 0 Å². The number of hydrogen-bond donors (Lipinski definition) is 1. The Bertz CT molecular complexity index is 649. The lowest BCUT2D eigenvalue weighted by molar-refractivity contribution is -0.156. The van der Waals surface area contributed by atoms with Crippen molar-refractivity contribution < 1.29 is 18.4 Å². The van der Waals surface area contributed by atoms with E-state index >= 15 is 0 Å². The number of hydrogen-bond acceptors (Lipinski definition) is 4. The van der Waals surface area contributed by atoms with Crippen LogP contribution in [0.1, 0.15) is 6.42 Å². The van der Waals surface area contributed by atoms with E-state index in [0.29, 0.717) is 15.2 Å². The molecule has 0 aliphatic carbocycles. The standard InChI is InChI=1S/C13H11BrClF2N3O2/c14-7-3-8(15)9-4-18-13(20(9)5-7)1-2-19(6-10(16)17)12(22)11(13)21/h3-5,10,18H,1-2,6H2. The monoisotopic (exact) mass is 393 g/mol. The molecule has 1 spiro atoms. The molecule has 5 nitrogen and oxygen atoms in total. The van der Waals surface area contributed by atoms with E-state index in [1.165, 1.54) is 0 Å². The Morgan fingerprint density at radius 1 is 1.45 bits per heavy atom. The summed E-state index contributed by atoms with van der Waals surface area (Å²) in [6.45, 7) is -0.673. The third-order valence-corrected chi connectivity index (χ3v) is 4.58. The van der Waals surface area contributed by atoms with Crippen LogP contribution in [-0.4, -0.2) is 46.7 Å².